The number of nitrogens with one attached hydrogen (secondary N) is 2. The van der Waals surface area contributed by atoms with Gasteiger partial charge in [0.25, 0.3) is 0 Å². The van der Waals surface area contributed by atoms with Gasteiger partial charge in [0.15, 0.2) is 0 Å². The third-order valence-corrected chi connectivity index (χ3v) is 6.38. The molecule has 0 amide bonds. The van der Waals surface area contributed by atoms with E-state index in [-0.39, 0.29) is 11.8 Å². The Morgan fingerprint density at radius 3 is 2.50 bits per heavy atom. The molecule has 0 saturated carbocycles. The Morgan fingerprint density at radius 2 is 1.69 bits per heavy atom. The fraction of sp³-hybridized carbons (Fsp3) is 0.200. The molecule has 2 N–H and O–H groups in total. The first-order chi connectivity index (χ1) is 17.5. The van der Waals surface area contributed by atoms with Gasteiger partial charge in [-0.05, 0) is 67.8 Å². The lowest BCUT2D eigenvalue weighted by atomic mass is 10.1. The molecular weight excluding hydrogens is 504 g/mol. The molecule has 0 radical (unpaired) electrons. The van der Waals surface area contributed by atoms with Gasteiger partial charge in [0, 0.05) is 24.3 Å². The molecule has 1 saturated heterocycles. The molecule has 2 aromatic carbocycles. The van der Waals surface area contributed by atoms with Crippen molar-refractivity contribution in [2.24, 2.45) is 5.10 Å². The fourth-order valence-corrected chi connectivity index (χ4v) is 4.18. The van der Waals surface area contributed by atoms with Gasteiger partial charge in [-0.3, -0.25) is 0 Å². The molecule has 8 nitrogen and oxygen atoms in total. The van der Waals surface area contributed by atoms with Crippen LogP contribution in [0.15, 0.2) is 64.1 Å². The van der Waals surface area contributed by atoms with Crippen LogP contribution in [-0.2, 0) is 0 Å². The Bertz CT molecular complexity index is 1370. The van der Waals surface area contributed by atoms with E-state index in [0.29, 0.717) is 44.7 Å². The van der Waals surface area contributed by atoms with Crippen LogP contribution < -0.4 is 15.6 Å². The summed E-state index contributed by atoms with van der Waals surface area (Å²) < 4.78 is 19.1. The van der Waals surface area contributed by atoms with E-state index in [0.717, 1.165) is 25.9 Å². The summed E-state index contributed by atoms with van der Waals surface area (Å²) in [5, 5.41) is 8.20. The number of furan rings is 1. The molecule has 5 rings (SSSR count). The van der Waals surface area contributed by atoms with Gasteiger partial charge in [-0.15, -0.1) is 0 Å². The van der Waals surface area contributed by atoms with Gasteiger partial charge in [-0.1, -0.05) is 29.3 Å². The van der Waals surface area contributed by atoms with E-state index in [4.69, 9.17) is 27.6 Å². The molecule has 0 spiro atoms. The smallest absolute Gasteiger partial charge is 0.250 e. The maximum atomic E-state index is 13.3. The number of hydrogen-bond acceptors (Lipinski definition) is 8. The lowest BCUT2D eigenvalue weighted by Gasteiger charge is -2.26. The Hall–Kier alpha value is -3.69. The number of nitrogens with zero attached hydrogens (tertiary/aromatic N) is 5. The van der Waals surface area contributed by atoms with E-state index in [1.165, 1.54) is 24.8 Å². The average molecular weight is 526 g/mol. The molecule has 3 heterocycles. The first-order valence-electron chi connectivity index (χ1n) is 11.4. The largest absolute Gasteiger partial charge is 0.455 e. The van der Waals surface area contributed by atoms with Gasteiger partial charge in [0.05, 0.1) is 16.3 Å². The number of hydrogen-bond donors (Lipinski definition) is 2. The van der Waals surface area contributed by atoms with Crippen LogP contribution in [0.3, 0.4) is 0 Å². The van der Waals surface area contributed by atoms with Crippen LogP contribution in [0.4, 0.5) is 27.9 Å². The summed E-state index contributed by atoms with van der Waals surface area (Å²) in [6.07, 6.45) is 4.85. The predicted octanol–water partition coefficient (Wildman–Crippen LogP) is 6.76. The number of hydrazone groups is 1. The van der Waals surface area contributed by atoms with Gasteiger partial charge < -0.3 is 14.6 Å². The molecule has 0 aliphatic carbocycles. The van der Waals surface area contributed by atoms with Crippen molar-refractivity contribution in [3.63, 3.8) is 0 Å². The average Bonchev–Trinajstić information content (AvgIpc) is 3.36. The van der Waals surface area contributed by atoms with Gasteiger partial charge in [-0.25, -0.2) is 9.82 Å². The minimum absolute atomic E-state index is 0.260. The van der Waals surface area contributed by atoms with Gasteiger partial charge in [-0.2, -0.15) is 20.1 Å². The Morgan fingerprint density at radius 1 is 0.917 bits per heavy atom. The number of anilines is 4. The predicted molar refractivity (Wildman–Crippen MR) is 141 cm³/mol. The SMILES string of the molecule is Fc1ccc(Nc2nc(N/N=C/c3ccc(-c4cccc(Cl)c4Cl)o3)nc(N3CCCCC3)n2)cc1. The Labute approximate surface area is 217 Å². The van der Waals surface area contributed by atoms with Crippen molar-refractivity contribution in [1.82, 2.24) is 15.0 Å². The molecule has 0 atom stereocenters. The van der Waals surface area contributed by atoms with Crippen LogP contribution >= 0.6 is 23.2 Å². The normalized spacial score (nSPS) is 13.8. The molecule has 1 fully saturated rings. The van der Waals surface area contributed by atoms with Crippen molar-refractivity contribution >= 4 is 52.9 Å². The lowest BCUT2D eigenvalue weighted by Crippen LogP contribution is -2.31. The number of benzene rings is 2. The minimum atomic E-state index is -0.319. The van der Waals surface area contributed by atoms with Gasteiger partial charge in [0.1, 0.15) is 17.3 Å². The third kappa shape index (κ3) is 5.75. The molecular formula is C25H22Cl2FN7O. The van der Waals surface area contributed by atoms with Crippen LogP contribution in [0.1, 0.15) is 25.0 Å². The molecule has 184 valence electrons. The summed E-state index contributed by atoms with van der Waals surface area (Å²) in [7, 11) is 0. The van der Waals surface area contributed by atoms with Crippen molar-refractivity contribution in [1.29, 1.82) is 0 Å². The van der Waals surface area contributed by atoms with E-state index in [2.05, 4.69) is 35.7 Å². The first-order valence-corrected chi connectivity index (χ1v) is 12.2. The summed E-state index contributed by atoms with van der Waals surface area (Å²) in [6.45, 7) is 1.73. The second-order valence-corrected chi connectivity index (χ2v) is 8.92. The van der Waals surface area contributed by atoms with Gasteiger partial charge >= 0.3 is 0 Å². The molecule has 1 aliphatic heterocycles. The summed E-state index contributed by atoms with van der Waals surface area (Å²) in [6, 6.07) is 14.9. The highest BCUT2D eigenvalue weighted by atomic mass is 35.5. The minimum Gasteiger partial charge on any atom is -0.455 e. The Kier molecular flexibility index (Phi) is 7.29. The quantitative estimate of drug-likeness (QED) is 0.203. The Balaban J connectivity index is 1.35. The summed E-state index contributed by atoms with van der Waals surface area (Å²) >= 11 is 12.4. The number of aromatic nitrogens is 3. The van der Waals surface area contributed by atoms with Gasteiger partial charge in [0.2, 0.25) is 17.8 Å². The standard InChI is InChI=1S/C25H22Cl2FN7O/c26-20-6-4-5-19(22(20)27)21-12-11-18(36-21)15-29-34-24-31-23(30-17-9-7-16(28)8-10-17)32-25(33-24)35-13-2-1-3-14-35/h4-12,15H,1-3,13-14H2,(H2,30,31,32,33,34)/b29-15+. The van der Waals surface area contributed by atoms with Crippen LogP contribution in [-0.4, -0.2) is 34.3 Å². The zero-order valence-corrected chi connectivity index (χ0v) is 20.6. The molecule has 0 unspecified atom stereocenters. The van der Waals surface area contributed by atoms with E-state index in [9.17, 15) is 4.39 Å². The molecule has 1 aliphatic rings. The van der Waals surface area contributed by atoms with Crippen LogP contribution in [0.2, 0.25) is 10.0 Å². The topological polar surface area (TPSA) is 91.5 Å². The second kappa shape index (κ2) is 10.9. The van der Waals surface area contributed by atoms with Crippen molar-refractivity contribution in [2.75, 3.05) is 28.7 Å². The summed E-state index contributed by atoms with van der Waals surface area (Å²) in [5.74, 6) is 1.89. The summed E-state index contributed by atoms with van der Waals surface area (Å²) in [5.41, 5.74) is 4.20. The van der Waals surface area contributed by atoms with Crippen molar-refractivity contribution < 1.29 is 8.81 Å². The highest BCUT2D eigenvalue weighted by molar-refractivity contribution is 6.43. The maximum absolute atomic E-state index is 13.3. The van der Waals surface area contributed by atoms with E-state index in [1.54, 1.807) is 36.4 Å². The van der Waals surface area contributed by atoms with E-state index in [1.807, 2.05) is 6.07 Å². The zero-order valence-electron chi connectivity index (χ0n) is 19.1. The van der Waals surface area contributed by atoms with Crippen LogP contribution in [0.25, 0.3) is 11.3 Å². The zero-order chi connectivity index (χ0) is 24.9. The van der Waals surface area contributed by atoms with Crippen molar-refractivity contribution in [3.8, 4) is 11.3 Å². The highest BCUT2D eigenvalue weighted by Crippen LogP contribution is 2.34. The lowest BCUT2D eigenvalue weighted by molar-refractivity contribution is 0.568. The highest BCUT2D eigenvalue weighted by Gasteiger charge is 2.17. The number of halogens is 3. The maximum Gasteiger partial charge on any atom is 0.250 e. The van der Waals surface area contributed by atoms with Crippen LogP contribution in [0, 0.1) is 5.82 Å². The number of rotatable bonds is 7. The molecule has 0 bridgehead atoms. The van der Waals surface area contributed by atoms with Crippen molar-refractivity contribution in [2.45, 2.75) is 19.3 Å². The van der Waals surface area contributed by atoms with E-state index < -0.39 is 0 Å². The van der Waals surface area contributed by atoms with E-state index >= 15 is 0 Å². The van der Waals surface area contributed by atoms with Crippen LogP contribution in [0.5, 0.6) is 0 Å². The first kappa shape index (κ1) is 24.0. The second-order valence-electron chi connectivity index (χ2n) is 8.14. The summed E-state index contributed by atoms with van der Waals surface area (Å²) in [4.78, 5) is 15.6. The molecule has 2 aromatic heterocycles. The molecule has 11 heteroatoms. The fourth-order valence-electron chi connectivity index (χ4n) is 3.78. The molecule has 36 heavy (non-hydrogen) atoms. The monoisotopic (exact) mass is 525 g/mol. The third-order valence-electron chi connectivity index (χ3n) is 5.56. The number of piperidine rings is 1. The van der Waals surface area contributed by atoms with Crippen molar-refractivity contribution in [3.05, 3.63) is 76.2 Å². The molecule has 4 aromatic rings.